The number of anilines is 1. The molecule has 2 N–H and O–H groups in total. The van der Waals surface area contributed by atoms with E-state index in [2.05, 4.69) is 4.90 Å². The van der Waals surface area contributed by atoms with Crippen LogP contribution in [0.2, 0.25) is 0 Å². The normalized spacial score (nSPS) is 19.6. The molecule has 0 aliphatic carbocycles. The summed E-state index contributed by atoms with van der Waals surface area (Å²) in [6.07, 6.45) is 2.64. The lowest BCUT2D eigenvalue weighted by Gasteiger charge is -2.33. The molecule has 1 atom stereocenters. The molecule has 0 radical (unpaired) electrons. The predicted octanol–water partition coefficient (Wildman–Crippen LogP) is 1.51. The zero-order valence-corrected chi connectivity index (χ0v) is 10.6. The van der Waals surface area contributed by atoms with Gasteiger partial charge in [0.1, 0.15) is 0 Å². The van der Waals surface area contributed by atoms with Crippen molar-refractivity contribution < 1.29 is 9.59 Å². The van der Waals surface area contributed by atoms with Gasteiger partial charge in [0, 0.05) is 24.3 Å². The topological polar surface area (TPSA) is 63.4 Å². The second-order valence-corrected chi connectivity index (χ2v) is 4.87. The van der Waals surface area contributed by atoms with Crippen molar-refractivity contribution in [3.05, 3.63) is 29.3 Å². The number of aryl methyl sites for hydroxylation is 1. The van der Waals surface area contributed by atoms with E-state index in [0.717, 1.165) is 36.9 Å². The number of amides is 1. The Balaban J connectivity index is 2.25. The summed E-state index contributed by atoms with van der Waals surface area (Å²) < 4.78 is 0. The van der Waals surface area contributed by atoms with Crippen LogP contribution in [-0.2, 0) is 4.79 Å². The second-order valence-electron chi connectivity index (χ2n) is 4.87. The van der Waals surface area contributed by atoms with E-state index in [1.165, 1.54) is 0 Å². The summed E-state index contributed by atoms with van der Waals surface area (Å²) >= 11 is 0. The van der Waals surface area contributed by atoms with Gasteiger partial charge >= 0.3 is 0 Å². The summed E-state index contributed by atoms with van der Waals surface area (Å²) in [6.45, 7) is 3.44. The van der Waals surface area contributed by atoms with E-state index < -0.39 is 0 Å². The Morgan fingerprint density at radius 1 is 1.50 bits per heavy atom. The zero-order valence-electron chi connectivity index (χ0n) is 10.6. The largest absolute Gasteiger partial charge is 0.370 e. The number of piperidine rings is 1. The van der Waals surface area contributed by atoms with Crippen molar-refractivity contribution in [1.82, 2.24) is 0 Å². The van der Waals surface area contributed by atoms with E-state index in [4.69, 9.17) is 5.73 Å². The molecular weight excluding hydrogens is 228 g/mol. The highest BCUT2D eigenvalue weighted by Gasteiger charge is 2.25. The molecule has 1 fully saturated rings. The first-order chi connectivity index (χ1) is 8.61. The van der Waals surface area contributed by atoms with Crippen molar-refractivity contribution in [3.8, 4) is 0 Å². The lowest BCUT2D eigenvalue weighted by atomic mass is 9.96. The zero-order chi connectivity index (χ0) is 13.1. The average Bonchev–Trinajstić information content (AvgIpc) is 2.38. The van der Waals surface area contributed by atoms with Gasteiger partial charge in [-0.15, -0.1) is 0 Å². The summed E-state index contributed by atoms with van der Waals surface area (Å²) in [6, 6.07) is 5.80. The quantitative estimate of drug-likeness (QED) is 0.822. The summed E-state index contributed by atoms with van der Waals surface area (Å²) in [7, 11) is 0. The number of hydrogen-bond donors (Lipinski definition) is 1. The molecule has 0 aromatic heterocycles. The first-order valence-corrected chi connectivity index (χ1v) is 6.22. The Kier molecular flexibility index (Phi) is 3.65. The third-order valence-corrected chi connectivity index (χ3v) is 3.47. The van der Waals surface area contributed by atoms with Gasteiger partial charge in [0.05, 0.1) is 5.92 Å². The number of aldehydes is 1. The molecule has 1 aliphatic rings. The number of primary amides is 1. The molecule has 1 aliphatic heterocycles. The maximum atomic E-state index is 11.3. The smallest absolute Gasteiger partial charge is 0.222 e. The lowest BCUT2D eigenvalue weighted by molar-refractivity contribution is -0.122. The van der Waals surface area contributed by atoms with E-state index in [1.807, 2.05) is 25.1 Å². The molecule has 18 heavy (non-hydrogen) atoms. The van der Waals surface area contributed by atoms with Crippen molar-refractivity contribution >= 4 is 17.9 Å². The Labute approximate surface area is 107 Å². The summed E-state index contributed by atoms with van der Waals surface area (Å²) in [5.74, 6) is -0.362. The molecular formula is C14H18N2O2. The van der Waals surface area contributed by atoms with Crippen LogP contribution in [-0.4, -0.2) is 25.3 Å². The maximum absolute atomic E-state index is 11.3. The monoisotopic (exact) mass is 246 g/mol. The number of carbonyl (C=O) groups excluding carboxylic acids is 2. The predicted molar refractivity (Wildman–Crippen MR) is 70.7 cm³/mol. The average molecular weight is 246 g/mol. The van der Waals surface area contributed by atoms with Crippen LogP contribution >= 0.6 is 0 Å². The molecule has 0 bridgehead atoms. The van der Waals surface area contributed by atoms with E-state index in [0.29, 0.717) is 12.1 Å². The van der Waals surface area contributed by atoms with Crippen LogP contribution in [0.4, 0.5) is 5.69 Å². The fourth-order valence-electron chi connectivity index (χ4n) is 2.48. The van der Waals surface area contributed by atoms with E-state index >= 15 is 0 Å². The van der Waals surface area contributed by atoms with Gasteiger partial charge < -0.3 is 10.6 Å². The molecule has 1 unspecified atom stereocenters. The van der Waals surface area contributed by atoms with Crippen LogP contribution in [0.5, 0.6) is 0 Å². The van der Waals surface area contributed by atoms with Gasteiger partial charge in [0.2, 0.25) is 5.91 Å². The molecule has 0 spiro atoms. The van der Waals surface area contributed by atoms with Gasteiger partial charge in [-0.05, 0) is 31.9 Å². The molecule has 4 nitrogen and oxygen atoms in total. The number of nitrogens with zero attached hydrogens (tertiary/aromatic N) is 1. The minimum absolute atomic E-state index is 0.112. The summed E-state index contributed by atoms with van der Waals surface area (Å²) in [5.41, 5.74) is 8.01. The Bertz CT molecular complexity index is 471. The standard InChI is InChI=1S/C14H18N2O2/c1-10-4-5-13(12(7-10)9-17)16-6-2-3-11(8-16)14(15)18/h4-5,7,9,11H,2-3,6,8H2,1H3,(H2,15,18). The van der Waals surface area contributed by atoms with Crippen LogP contribution in [0.15, 0.2) is 18.2 Å². The number of benzene rings is 1. The van der Waals surface area contributed by atoms with Crippen molar-refractivity contribution in [2.75, 3.05) is 18.0 Å². The first kappa shape index (κ1) is 12.6. The second kappa shape index (κ2) is 5.21. The van der Waals surface area contributed by atoms with Gasteiger partial charge in [-0.2, -0.15) is 0 Å². The molecule has 1 saturated heterocycles. The van der Waals surface area contributed by atoms with Crippen molar-refractivity contribution in [3.63, 3.8) is 0 Å². The molecule has 0 saturated carbocycles. The Hall–Kier alpha value is -1.84. The van der Waals surface area contributed by atoms with E-state index in [9.17, 15) is 9.59 Å². The van der Waals surface area contributed by atoms with Crippen molar-refractivity contribution in [1.29, 1.82) is 0 Å². The fourth-order valence-corrected chi connectivity index (χ4v) is 2.48. The third kappa shape index (κ3) is 2.53. The molecule has 1 aromatic rings. The van der Waals surface area contributed by atoms with Gasteiger partial charge in [0.15, 0.2) is 6.29 Å². The van der Waals surface area contributed by atoms with Crippen LogP contribution in [0.25, 0.3) is 0 Å². The van der Waals surface area contributed by atoms with Crippen LogP contribution in [0.1, 0.15) is 28.8 Å². The molecule has 2 rings (SSSR count). The molecule has 1 amide bonds. The van der Waals surface area contributed by atoms with Gasteiger partial charge in [-0.25, -0.2) is 0 Å². The summed E-state index contributed by atoms with van der Waals surface area (Å²) in [4.78, 5) is 24.5. The SMILES string of the molecule is Cc1ccc(N2CCCC(C(N)=O)C2)c(C=O)c1. The van der Waals surface area contributed by atoms with Crippen molar-refractivity contribution in [2.24, 2.45) is 11.7 Å². The number of hydrogen-bond acceptors (Lipinski definition) is 3. The minimum Gasteiger partial charge on any atom is -0.370 e. The van der Waals surface area contributed by atoms with Crippen molar-refractivity contribution in [2.45, 2.75) is 19.8 Å². The molecule has 96 valence electrons. The van der Waals surface area contributed by atoms with E-state index in [-0.39, 0.29) is 11.8 Å². The highest BCUT2D eigenvalue weighted by Crippen LogP contribution is 2.26. The number of carbonyl (C=O) groups is 2. The van der Waals surface area contributed by atoms with Crippen LogP contribution in [0.3, 0.4) is 0 Å². The van der Waals surface area contributed by atoms with E-state index in [1.54, 1.807) is 0 Å². The first-order valence-electron chi connectivity index (χ1n) is 6.22. The highest BCUT2D eigenvalue weighted by atomic mass is 16.1. The van der Waals surface area contributed by atoms with Crippen LogP contribution < -0.4 is 10.6 Å². The Morgan fingerprint density at radius 3 is 2.94 bits per heavy atom. The molecule has 1 heterocycles. The highest BCUT2D eigenvalue weighted by molar-refractivity contribution is 5.85. The fraction of sp³-hybridized carbons (Fsp3) is 0.429. The maximum Gasteiger partial charge on any atom is 0.222 e. The molecule has 4 heteroatoms. The van der Waals surface area contributed by atoms with Crippen LogP contribution in [0, 0.1) is 12.8 Å². The number of rotatable bonds is 3. The van der Waals surface area contributed by atoms with Gasteiger partial charge in [-0.3, -0.25) is 9.59 Å². The minimum atomic E-state index is -0.250. The summed E-state index contributed by atoms with van der Waals surface area (Å²) in [5, 5.41) is 0. The lowest BCUT2D eigenvalue weighted by Crippen LogP contribution is -2.41. The van der Waals surface area contributed by atoms with Gasteiger partial charge in [-0.1, -0.05) is 11.6 Å². The number of nitrogens with two attached hydrogens (primary N) is 1. The third-order valence-electron chi connectivity index (χ3n) is 3.47. The molecule has 1 aromatic carbocycles. The van der Waals surface area contributed by atoms with Gasteiger partial charge in [0.25, 0.3) is 0 Å². The Morgan fingerprint density at radius 2 is 2.28 bits per heavy atom.